The SMILES string of the molecule is COc1ccc(N(CC(=O)NCC(C)C)S(=O)(=O)c2ccc(C)cc2)cc1OC. The van der Waals surface area contributed by atoms with Crippen LogP contribution in [0.15, 0.2) is 47.4 Å². The second-order valence-electron chi connectivity index (χ2n) is 7.06. The molecule has 0 aromatic heterocycles. The molecule has 1 N–H and O–H groups in total. The highest BCUT2D eigenvalue weighted by molar-refractivity contribution is 7.92. The summed E-state index contributed by atoms with van der Waals surface area (Å²) in [4.78, 5) is 12.6. The number of hydrogen-bond donors (Lipinski definition) is 1. The summed E-state index contributed by atoms with van der Waals surface area (Å²) in [6, 6.07) is 11.2. The van der Waals surface area contributed by atoms with Crippen molar-refractivity contribution in [3.8, 4) is 11.5 Å². The molecule has 1 amide bonds. The van der Waals surface area contributed by atoms with Gasteiger partial charge in [-0.1, -0.05) is 31.5 Å². The number of amides is 1. The second-order valence-corrected chi connectivity index (χ2v) is 8.92. The van der Waals surface area contributed by atoms with Crippen LogP contribution >= 0.6 is 0 Å². The predicted molar refractivity (Wildman–Crippen MR) is 113 cm³/mol. The number of ether oxygens (including phenoxy) is 2. The fourth-order valence-corrected chi connectivity index (χ4v) is 4.05. The molecule has 2 aromatic rings. The quantitative estimate of drug-likeness (QED) is 0.674. The monoisotopic (exact) mass is 420 g/mol. The van der Waals surface area contributed by atoms with Crippen molar-refractivity contribution in [1.29, 1.82) is 0 Å². The Bertz CT molecular complexity index is 940. The number of methoxy groups -OCH3 is 2. The van der Waals surface area contributed by atoms with Crippen molar-refractivity contribution in [2.45, 2.75) is 25.7 Å². The van der Waals surface area contributed by atoms with Crippen molar-refractivity contribution >= 4 is 21.6 Å². The van der Waals surface area contributed by atoms with E-state index in [1.807, 2.05) is 20.8 Å². The van der Waals surface area contributed by atoms with Gasteiger partial charge < -0.3 is 14.8 Å². The Labute approximate surface area is 172 Å². The summed E-state index contributed by atoms with van der Waals surface area (Å²) in [5.41, 5.74) is 1.25. The highest BCUT2D eigenvalue weighted by atomic mass is 32.2. The zero-order valence-electron chi connectivity index (χ0n) is 17.4. The van der Waals surface area contributed by atoms with Gasteiger partial charge >= 0.3 is 0 Å². The van der Waals surface area contributed by atoms with Crippen LogP contribution in [0.3, 0.4) is 0 Å². The largest absolute Gasteiger partial charge is 0.493 e. The van der Waals surface area contributed by atoms with Crippen LogP contribution in [0.4, 0.5) is 5.69 Å². The van der Waals surface area contributed by atoms with E-state index in [9.17, 15) is 13.2 Å². The molecule has 0 aliphatic heterocycles. The molecule has 0 atom stereocenters. The summed E-state index contributed by atoms with van der Waals surface area (Å²) in [6.45, 7) is 5.92. The number of benzene rings is 2. The van der Waals surface area contributed by atoms with Crippen molar-refractivity contribution in [3.05, 3.63) is 48.0 Å². The third-order valence-corrected chi connectivity index (χ3v) is 6.05. The smallest absolute Gasteiger partial charge is 0.264 e. The molecule has 0 aliphatic carbocycles. The zero-order valence-corrected chi connectivity index (χ0v) is 18.2. The van der Waals surface area contributed by atoms with Crippen molar-refractivity contribution in [2.75, 3.05) is 31.6 Å². The zero-order chi connectivity index (χ0) is 21.6. The van der Waals surface area contributed by atoms with E-state index in [1.54, 1.807) is 30.3 Å². The summed E-state index contributed by atoms with van der Waals surface area (Å²) >= 11 is 0. The lowest BCUT2D eigenvalue weighted by molar-refractivity contribution is -0.119. The number of anilines is 1. The van der Waals surface area contributed by atoms with E-state index in [4.69, 9.17) is 9.47 Å². The molecule has 0 saturated heterocycles. The third-order valence-electron chi connectivity index (χ3n) is 4.26. The molecule has 0 fully saturated rings. The first-order valence-corrected chi connectivity index (χ1v) is 10.7. The first-order chi connectivity index (χ1) is 13.7. The lowest BCUT2D eigenvalue weighted by Gasteiger charge is -2.25. The van der Waals surface area contributed by atoms with Gasteiger partial charge in [0, 0.05) is 12.6 Å². The van der Waals surface area contributed by atoms with E-state index in [2.05, 4.69) is 5.32 Å². The normalized spacial score (nSPS) is 11.2. The maximum Gasteiger partial charge on any atom is 0.264 e. The molecule has 0 heterocycles. The fraction of sp³-hybridized carbons (Fsp3) is 0.381. The molecular weight excluding hydrogens is 392 g/mol. The van der Waals surface area contributed by atoms with Gasteiger partial charge in [-0.25, -0.2) is 8.42 Å². The maximum atomic E-state index is 13.3. The van der Waals surface area contributed by atoms with Crippen LogP contribution in [0, 0.1) is 12.8 Å². The van der Waals surface area contributed by atoms with E-state index >= 15 is 0 Å². The fourth-order valence-electron chi connectivity index (χ4n) is 2.64. The summed E-state index contributed by atoms with van der Waals surface area (Å²) in [5.74, 6) is 0.705. The van der Waals surface area contributed by atoms with Gasteiger partial charge in [0.15, 0.2) is 11.5 Å². The molecule has 0 bridgehead atoms. The molecule has 8 heteroatoms. The van der Waals surface area contributed by atoms with Gasteiger partial charge in [0.2, 0.25) is 5.91 Å². The van der Waals surface area contributed by atoms with Crippen LogP contribution < -0.4 is 19.1 Å². The number of aryl methyl sites for hydroxylation is 1. The number of carbonyl (C=O) groups is 1. The molecule has 2 aromatic carbocycles. The summed E-state index contributed by atoms with van der Waals surface area (Å²) in [5, 5.41) is 2.77. The number of rotatable bonds is 9. The van der Waals surface area contributed by atoms with Crippen LogP contribution in [0.25, 0.3) is 0 Å². The number of hydrogen-bond acceptors (Lipinski definition) is 5. The number of carbonyl (C=O) groups excluding carboxylic acids is 1. The van der Waals surface area contributed by atoms with Crippen LogP contribution in [0.1, 0.15) is 19.4 Å². The van der Waals surface area contributed by atoms with E-state index < -0.39 is 10.0 Å². The summed E-state index contributed by atoms with van der Waals surface area (Å²) in [7, 11) is -1.01. The first-order valence-electron chi connectivity index (χ1n) is 9.27. The average Bonchev–Trinajstić information content (AvgIpc) is 2.70. The minimum Gasteiger partial charge on any atom is -0.493 e. The Kier molecular flexibility index (Phi) is 7.50. The van der Waals surface area contributed by atoms with Gasteiger partial charge in [-0.05, 0) is 37.1 Å². The lowest BCUT2D eigenvalue weighted by atomic mass is 10.2. The Morgan fingerprint density at radius 3 is 2.21 bits per heavy atom. The minimum atomic E-state index is -3.97. The van der Waals surface area contributed by atoms with Crippen LogP contribution in [0.2, 0.25) is 0 Å². The van der Waals surface area contributed by atoms with E-state index in [0.29, 0.717) is 23.7 Å². The Balaban J connectivity index is 2.48. The van der Waals surface area contributed by atoms with Gasteiger partial charge in [0.05, 0.1) is 24.8 Å². The molecule has 0 aliphatic rings. The summed E-state index contributed by atoms with van der Waals surface area (Å²) < 4.78 is 38.3. The van der Waals surface area contributed by atoms with Gasteiger partial charge in [-0.15, -0.1) is 0 Å². The second kappa shape index (κ2) is 9.65. The lowest BCUT2D eigenvalue weighted by Crippen LogP contribution is -2.41. The highest BCUT2D eigenvalue weighted by Gasteiger charge is 2.28. The van der Waals surface area contributed by atoms with Crippen molar-refractivity contribution in [3.63, 3.8) is 0 Å². The molecular formula is C21H28N2O5S. The molecule has 0 radical (unpaired) electrons. The molecule has 158 valence electrons. The average molecular weight is 421 g/mol. The van der Waals surface area contributed by atoms with Gasteiger partial charge in [-0.3, -0.25) is 9.10 Å². The molecule has 0 unspecified atom stereocenters. The van der Waals surface area contributed by atoms with E-state index in [0.717, 1.165) is 9.87 Å². The van der Waals surface area contributed by atoms with Crippen molar-refractivity contribution in [2.24, 2.45) is 5.92 Å². The number of nitrogens with zero attached hydrogens (tertiary/aromatic N) is 1. The van der Waals surface area contributed by atoms with E-state index in [-0.39, 0.29) is 23.3 Å². The van der Waals surface area contributed by atoms with Gasteiger partial charge in [-0.2, -0.15) is 0 Å². The minimum absolute atomic E-state index is 0.106. The topological polar surface area (TPSA) is 84.9 Å². The Hall–Kier alpha value is -2.74. The molecule has 7 nitrogen and oxygen atoms in total. The standard InChI is InChI=1S/C21H28N2O5S/c1-15(2)13-22-21(24)14-23(17-8-11-19(27-4)20(12-17)28-5)29(25,26)18-9-6-16(3)7-10-18/h6-12,15H,13-14H2,1-5H3,(H,22,24). The third kappa shape index (κ3) is 5.63. The van der Waals surface area contributed by atoms with Crippen molar-refractivity contribution < 1.29 is 22.7 Å². The summed E-state index contributed by atoms with van der Waals surface area (Å²) in [6.07, 6.45) is 0. The maximum absolute atomic E-state index is 13.3. The number of sulfonamides is 1. The molecule has 29 heavy (non-hydrogen) atoms. The Morgan fingerprint density at radius 1 is 1.03 bits per heavy atom. The van der Waals surface area contributed by atoms with Crippen LogP contribution in [-0.2, 0) is 14.8 Å². The molecule has 0 spiro atoms. The van der Waals surface area contributed by atoms with Gasteiger partial charge in [0.25, 0.3) is 10.0 Å². The molecule has 2 rings (SSSR count). The highest BCUT2D eigenvalue weighted by Crippen LogP contribution is 2.33. The predicted octanol–water partition coefficient (Wildman–Crippen LogP) is 2.98. The molecule has 0 saturated carbocycles. The Morgan fingerprint density at radius 2 is 1.66 bits per heavy atom. The van der Waals surface area contributed by atoms with E-state index in [1.165, 1.54) is 26.4 Å². The first kappa shape index (κ1) is 22.5. The van der Waals surface area contributed by atoms with Crippen molar-refractivity contribution in [1.82, 2.24) is 5.32 Å². The van der Waals surface area contributed by atoms with Gasteiger partial charge in [0.1, 0.15) is 6.54 Å². The van der Waals surface area contributed by atoms with Crippen LogP contribution in [-0.4, -0.2) is 41.6 Å². The number of nitrogens with one attached hydrogen (secondary N) is 1. The van der Waals surface area contributed by atoms with Crippen LogP contribution in [0.5, 0.6) is 11.5 Å².